The molecule has 1 aliphatic heterocycles. The second kappa shape index (κ2) is 5.16. The second-order valence-corrected chi connectivity index (χ2v) is 5.53. The molecule has 106 valence electrons. The average Bonchev–Trinajstić information content (AvgIpc) is 2.28. The van der Waals surface area contributed by atoms with Gasteiger partial charge in [-0.25, -0.2) is 9.59 Å². The Balaban J connectivity index is 2.19. The number of esters is 2. The molecule has 0 aromatic heterocycles. The predicted molar refractivity (Wildman–Crippen MR) is 76.5 cm³/mol. The SMILES string of the molecule is CC1(C)OC(=O)C(=CNc2ccc(Br)cc2N)C(=O)O1. The second-order valence-electron chi connectivity index (χ2n) is 4.61. The van der Waals surface area contributed by atoms with E-state index in [1.807, 2.05) is 0 Å². The first-order valence-corrected chi connectivity index (χ1v) is 6.56. The van der Waals surface area contributed by atoms with Crippen LogP contribution < -0.4 is 11.1 Å². The van der Waals surface area contributed by atoms with Gasteiger partial charge < -0.3 is 20.5 Å². The minimum atomic E-state index is -1.25. The number of halogens is 1. The minimum Gasteiger partial charge on any atom is -0.419 e. The number of anilines is 2. The Bertz CT molecular complexity index is 588. The third-order valence-corrected chi connectivity index (χ3v) is 3.00. The smallest absolute Gasteiger partial charge is 0.350 e. The summed E-state index contributed by atoms with van der Waals surface area (Å²) in [6, 6.07) is 5.18. The van der Waals surface area contributed by atoms with Gasteiger partial charge in [0.15, 0.2) is 5.57 Å². The zero-order valence-electron chi connectivity index (χ0n) is 10.9. The first kappa shape index (κ1) is 14.4. The Hall–Kier alpha value is -2.02. The van der Waals surface area contributed by atoms with Crippen molar-refractivity contribution in [2.24, 2.45) is 0 Å². The average molecular weight is 341 g/mol. The number of nitrogens with one attached hydrogen (secondary N) is 1. The number of ether oxygens (including phenoxy) is 2. The maximum atomic E-state index is 11.7. The van der Waals surface area contributed by atoms with Gasteiger partial charge in [0, 0.05) is 24.5 Å². The number of nitrogen functional groups attached to an aromatic ring is 1. The molecule has 20 heavy (non-hydrogen) atoms. The summed E-state index contributed by atoms with van der Waals surface area (Å²) in [4.78, 5) is 23.4. The van der Waals surface area contributed by atoms with E-state index in [1.165, 1.54) is 20.0 Å². The van der Waals surface area contributed by atoms with E-state index in [1.54, 1.807) is 18.2 Å². The third kappa shape index (κ3) is 3.11. The maximum absolute atomic E-state index is 11.7. The molecular weight excluding hydrogens is 328 g/mol. The van der Waals surface area contributed by atoms with Gasteiger partial charge in [-0.2, -0.15) is 0 Å². The van der Waals surface area contributed by atoms with Crippen LogP contribution in [0.5, 0.6) is 0 Å². The lowest BCUT2D eigenvalue weighted by Crippen LogP contribution is -2.42. The van der Waals surface area contributed by atoms with Crippen molar-refractivity contribution in [3.05, 3.63) is 34.4 Å². The monoisotopic (exact) mass is 340 g/mol. The van der Waals surface area contributed by atoms with Crippen LogP contribution in [0.2, 0.25) is 0 Å². The normalized spacial score (nSPS) is 17.2. The van der Waals surface area contributed by atoms with Crippen molar-refractivity contribution < 1.29 is 19.1 Å². The van der Waals surface area contributed by atoms with Crippen LogP contribution in [0.25, 0.3) is 0 Å². The predicted octanol–water partition coefficient (Wildman–Crippen LogP) is 2.16. The third-order valence-electron chi connectivity index (χ3n) is 2.50. The number of hydrogen-bond donors (Lipinski definition) is 2. The van der Waals surface area contributed by atoms with Crippen LogP contribution in [0.4, 0.5) is 11.4 Å². The van der Waals surface area contributed by atoms with Gasteiger partial charge in [-0.3, -0.25) is 0 Å². The summed E-state index contributed by atoms with van der Waals surface area (Å²) in [7, 11) is 0. The van der Waals surface area contributed by atoms with Gasteiger partial charge >= 0.3 is 11.9 Å². The summed E-state index contributed by atoms with van der Waals surface area (Å²) in [5.74, 6) is -2.73. The van der Waals surface area contributed by atoms with Crippen molar-refractivity contribution in [2.45, 2.75) is 19.6 Å². The van der Waals surface area contributed by atoms with Crippen molar-refractivity contribution >= 4 is 39.2 Å². The molecule has 1 fully saturated rings. The first-order valence-electron chi connectivity index (χ1n) is 5.77. The van der Waals surface area contributed by atoms with Crippen molar-refractivity contribution in [2.75, 3.05) is 11.1 Å². The number of carbonyl (C=O) groups excluding carboxylic acids is 2. The molecule has 0 aliphatic carbocycles. The molecule has 0 bridgehead atoms. The standard InChI is InChI=1S/C13H13BrN2O4/c1-13(2)19-11(17)8(12(18)20-13)6-16-10-4-3-7(14)5-9(10)15/h3-6,16H,15H2,1-2H3. The number of hydrogen-bond acceptors (Lipinski definition) is 6. The van der Waals surface area contributed by atoms with Crippen LogP contribution in [0.1, 0.15) is 13.8 Å². The highest BCUT2D eigenvalue weighted by Gasteiger charge is 2.38. The van der Waals surface area contributed by atoms with E-state index in [9.17, 15) is 9.59 Å². The molecule has 1 heterocycles. The summed E-state index contributed by atoms with van der Waals surface area (Å²) in [5.41, 5.74) is 6.61. The van der Waals surface area contributed by atoms with Crippen LogP contribution in [0, 0.1) is 0 Å². The molecular formula is C13H13BrN2O4. The molecule has 0 amide bonds. The van der Waals surface area contributed by atoms with Gasteiger partial charge in [-0.05, 0) is 18.2 Å². The summed E-state index contributed by atoms with van der Waals surface area (Å²) in [6.45, 7) is 2.97. The first-order chi connectivity index (χ1) is 9.28. The van der Waals surface area contributed by atoms with E-state index < -0.39 is 17.7 Å². The molecule has 0 atom stereocenters. The molecule has 0 saturated carbocycles. The zero-order valence-corrected chi connectivity index (χ0v) is 12.5. The zero-order chi connectivity index (χ0) is 14.9. The Labute approximate surface area is 124 Å². The van der Waals surface area contributed by atoms with Crippen LogP contribution in [0.3, 0.4) is 0 Å². The molecule has 2 rings (SSSR count). The summed E-state index contributed by atoms with van der Waals surface area (Å²) in [5, 5.41) is 2.79. The molecule has 3 N–H and O–H groups in total. The highest BCUT2D eigenvalue weighted by molar-refractivity contribution is 9.10. The van der Waals surface area contributed by atoms with E-state index in [-0.39, 0.29) is 5.57 Å². The van der Waals surface area contributed by atoms with Gasteiger partial charge in [0.05, 0.1) is 11.4 Å². The number of carbonyl (C=O) groups is 2. The molecule has 0 spiro atoms. The number of rotatable bonds is 2. The van der Waals surface area contributed by atoms with Crippen LogP contribution >= 0.6 is 15.9 Å². The van der Waals surface area contributed by atoms with Crippen molar-refractivity contribution in [3.63, 3.8) is 0 Å². The summed E-state index contributed by atoms with van der Waals surface area (Å²) >= 11 is 3.28. The van der Waals surface area contributed by atoms with E-state index in [0.717, 1.165) is 4.47 Å². The number of cyclic esters (lactones) is 2. The fourth-order valence-electron chi connectivity index (χ4n) is 1.59. The van der Waals surface area contributed by atoms with E-state index in [0.29, 0.717) is 11.4 Å². The quantitative estimate of drug-likeness (QED) is 0.371. The molecule has 1 aromatic carbocycles. The summed E-state index contributed by atoms with van der Waals surface area (Å²) in [6.07, 6.45) is 1.22. The minimum absolute atomic E-state index is 0.216. The Morgan fingerprint density at radius 2 is 1.85 bits per heavy atom. The van der Waals surface area contributed by atoms with E-state index >= 15 is 0 Å². The lowest BCUT2D eigenvalue weighted by molar-refractivity contribution is -0.222. The van der Waals surface area contributed by atoms with Crippen molar-refractivity contribution in [3.8, 4) is 0 Å². The molecule has 1 aliphatic rings. The molecule has 6 nitrogen and oxygen atoms in total. The summed E-state index contributed by atoms with van der Waals surface area (Å²) < 4.78 is 10.8. The molecule has 1 saturated heterocycles. The van der Waals surface area contributed by atoms with Gasteiger partial charge in [0.25, 0.3) is 5.79 Å². The fourth-order valence-corrected chi connectivity index (χ4v) is 1.97. The highest BCUT2D eigenvalue weighted by atomic mass is 79.9. The van der Waals surface area contributed by atoms with Gasteiger partial charge in [0.2, 0.25) is 0 Å². The Morgan fingerprint density at radius 1 is 1.25 bits per heavy atom. The largest absolute Gasteiger partial charge is 0.419 e. The van der Waals surface area contributed by atoms with Gasteiger partial charge in [0.1, 0.15) is 0 Å². The maximum Gasteiger partial charge on any atom is 0.350 e. The Morgan fingerprint density at radius 3 is 2.40 bits per heavy atom. The van der Waals surface area contributed by atoms with E-state index in [4.69, 9.17) is 15.2 Å². The van der Waals surface area contributed by atoms with Crippen LogP contribution in [-0.4, -0.2) is 17.7 Å². The lowest BCUT2D eigenvalue weighted by Gasteiger charge is -2.29. The van der Waals surface area contributed by atoms with Crippen LogP contribution in [-0.2, 0) is 19.1 Å². The fraction of sp³-hybridized carbons (Fsp3) is 0.231. The topological polar surface area (TPSA) is 90.6 Å². The number of nitrogens with two attached hydrogens (primary N) is 1. The lowest BCUT2D eigenvalue weighted by atomic mass is 10.2. The molecule has 0 unspecified atom stereocenters. The number of benzene rings is 1. The van der Waals surface area contributed by atoms with Gasteiger partial charge in [-0.1, -0.05) is 15.9 Å². The van der Waals surface area contributed by atoms with Crippen LogP contribution in [0.15, 0.2) is 34.4 Å². The van der Waals surface area contributed by atoms with E-state index in [2.05, 4.69) is 21.2 Å². The molecule has 7 heteroatoms. The van der Waals surface area contributed by atoms with Crippen molar-refractivity contribution in [1.82, 2.24) is 0 Å². The Kier molecular flexibility index (Phi) is 3.71. The molecule has 0 radical (unpaired) electrons. The van der Waals surface area contributed by atoms with Crippen molar-refractivity contribution in [1.29, 1.82) is 0 Å². The van der Waals surface area contributed by atoms with Gasteiger partial charge in [-0.15, -0.1) is 0 Å². The highest BCUT2D eigenvalue weighted by Crippen LogP contribution is 2.25. The molecule has 1 aromatic rings.